The van der Waals surface area contributed by atoms with Crippen LogP contribution in [0.3, 0.4) is 0 Å². The fourth-order valence-electron chi connectivity index (χ4n) is 5.02. The van der Waals surface area contributed by atoms with Crippen LogP contribution in [-0.2, 0) is 20.2 Å². The van der Waals surface area contributed by atoms with E-state index in [4.69, 9.17) is 33.7 Å². The van der Waals surface area contributed by atoms with E-state index in [0.29, 0.717) is 29.8 Å². The quantitative estimate of drug-likeness (QED) is 0.424. The highest BCUT2D eigenvalue weighted by Crippen LogP contribution is 2.46. The number of carbonyl (C=O) groups excluding carboxylic acids is 1. The number of benzene rings is 2. The van der Waals surface area contributed by atoms with Gasteiger partial charge in [0.05, 0.1) is 28.6 Å². The normalized spacial score (nSPS) is 17.8. The standard InChI is InChI=1S/C25H24Cl2FN5O4S/c1-13(20-16(26)4-5-17(28)21(20)27)37-23-22(29)30-12-19(31-23)14-3-6-18-15(11-14)25(24(34)32-18)7-9-33(10-8-25)38(2,35)36/h3-6,11-13H,7-10H2,1-2H3,(H2,29,30)(H,32,34)/t13-/m1/s1. The Kier molecular flexibility index (Phi) is 6.75. The highest BCUT2D eigenvalue weighted by atomic mass is 35.5. The zero-order chi connectivity index (χ0) is 27.4. The molecule has 200 valence electrons. The van der Waals surface area contributed by atoms with Gasteiger partial charge in [0.2, 0.25) is 15.9 Å². The number of anilines is 2. The van der Waals surface area contributed by atoms with Crippen LogP contribution in [0, 0.1) is 5.82 Å². The molecular weight excluding hydrogens is 556 g/mol. The van der Waals surface area contributed by atoms with E-state index in [0.717, 1.165) is 5.56 Å². The minimum atomic E-state index is -3.34. The fourth-order valence-corrected chi connectivity index (χ4v) is 6.54. The van der Waals surface area contributed by atoms with Crippen LogP contribution in [0.1, 0.15) is 37.0 Å². The van der Waals surface area contributed by atoms with E-state index in [1.165, 1.54) is 28.9 Å². The van der Waals surface area contributed by atoms with Crippen molar-refractivity contribution in [2.75, 3.05) is 30.4 Å². The molecule has 3 heterocycles. The number of amides is 1. The van der Waals surface area contributed by atoms with Crippen molar-refractivity contribution in [2.45, 2.75) is 31.3 Å². The summed E-state index contributed by atoms with van der Waals surface area (Å²) in [5, 5.41) is 3.00. The maximum absolute atomic E-state index is 14.0. The fraction of sp³-hybridized carbons (Fsp3) is 0.320. The molecule has 1 saturated heterocycles. The van der Waals surface area contributed by atoms with E-state index >= 15 is 0 Å². The van der Waals surface area contributed by atoms with Gasteiger partial charge in [-0.3, -0.25) is 4.79 Å². The molecule has 5 rings (SSSR count). The van der Waals surface area contributed by atoms with Gasteiger partial charge in [-0.15, -0.1) is 0 Å². The first-order valence-corrected chi connectivity index (χ1v) is 14.3. The van der Waals surface area contributed by atoms with Gasteiger partial charge in [0, 0.05) is 34.9 Å². The number of nitrogens with one attached hydrogen (secondary N) is 1. The van der Waals surface area contributed by atoms with E-state index < -0.39 is 27.4 Å². The monoisotopic (exact) mass is 579 g/mol. The number of nitrogens with two attached hydrogens (primary N) is 1. The Morgan fingerprint density at radius 2 is 1.92 bits per heavy atom. The minimum absolute atomic E-state index is 0.0114. The van der Waals surface area contributed by atoms with Crippen molar-refractivity contribution in [3.8, 4) is 17.1 Å². The molecule has 0 aliphatic carbocycles. The summed E-state index contributed by atoms with van der Waals surface area (Å²) in [4.78, 5) is 21.8. The molecule has 1 fully saturated rings. The maximum atomic E-state index is 14.0. The third-order valence-electron chi connectivity index (χ3n) is 7.10. The third kappa shape index (κ3) is 4.57. The summed E-state index contributed by atoms with van der Waals surface area (Å²) in [5.74, 6) is -0.751. The summed E-state index contributed by atoms with van der Waals surface area (Å²) >= 11 is 12.4. The molecule has 0 bridgehead atoms. The van der Waals surface area contributed by atoms with Gasteiger partial charge in [-0.2, -0.15) is 0 Å². The van der Waals surface area contributed by atoms with Crippen LogP contribution in [0.5, 0.6) is 5.88 Å². The van der Waals surface area contributed by atoms with Gasteiger partial charge < -0.3 is 15.8 Å². The largest absolute Gasteiger partial charge is 0.467 e. The molecule has 9 nitrogen and oxygen atoms in total. The topological polar surface area (TPSA) is 128 Å². The van der Waals surface area contributed by atoms with E-state index in [1.807, 2.05) is 6.07 Å². The highest BCUT2D eigenvalue weighted by molar-refractivity contribution is 7.88. The SMILES string of the molecule is C[C@@H](Oc1nc(-c2ccc3c(c2)C2(CCN(S(C)(=O)=O)CC2)C(=O)N3)cnc1N)c1c(Cl)ccc(F)c1Cl. The van der Waals surface area contributed by atoms with E-state index in [1.54, 1.807) is 19.1 Å². The summed E-state index contributed by atoms with van der Waals surface area (Å²) in [6.07, 6.45) is 2.58. The van der Waals surface area contributed by atoms with Gasteiger partial charge >= 0.3 is 0 Å². The van der Waals surface area contributed by atoms with Crippen LogP contribution < -0.4 is 15.8 Å². The number of ether oxygens (including phenoxy) is 1. The first-order valence-electron chi connectivity index (χ1n) is 11.7. The summed E-state index contributed by atoms with van der Waals surface area (Å²) in [5.41, 5.74) is 7.99. The third-order valence-corrected chi connectivity index (χ3v) is 9.12. The van der Waals surface area contributed by atoms with Crippen molar-refractivity contribution < 1.29 is 22.3 Å². The number of rotatable bonds is 5. The van der Waals surface area contributed by atoms with E-state index in [-0.39, 0.29) is 46.3 Å². The van der Waals surface area contributed by atoms with Crippen molar-refractivity contribution in [2.24, 2.45) is 0 Å². The molecule has 3 aromatic rings. The number of halogens is 3. The number of carbonyl (C=O) groups is 1. The van der Waals surface area contributed by atoms with E-state index in [9.17, 15) is 17.6 Å². The zero-order valence-corrected chi connectivity index (χ0v) is 22.8. The molecule has 1 spiro atoms. The number of hydrogen-bond donors (Lipinski definition) is 2. The second-order valence-electron chi connectivity index (χ2n) is 9.42. The van der Waals surface area contributed by atoms with Crippen LogP contribution >= 0.6 is 23.2 Å². The molecule has 1 amide bonds. The lowest BCUT2D eigenvalue weighted by molar-refractivity contribution is -0.122. The van der Waals surface area contributed by atoms with Gasteiger partial charge in [0.15, 0.2) is 5.82 Å². The number of hydrogen-bond acceptors (Lipinski definition) is 7. The van der Waals surface area contributed by atoms with E-state index in [2.05, 4.69) is 15.3 Å². The lowest BCUT2D eigenvalue weighted by Gasteiger charge is -2.36. The van der Waals surface area contributed by atoms with Gasteiger partial charge in [-0.25, -0.2) is 27.1 Å². The van der Waals surface area contributed by atoms with Crippen LogP contribution in [-0.4, -0.2) is 47.9 Å². The molecule has 13 heteroatoms. The minimum Gasteiger partial charge on any atom is -0.467 e. The van der Waals surface area contributed by atoms with Crippen molar-refractivity contribution in [3.05, 3.63) is 63.5 Å². The van der Waals surface area contributed by atoms with Gasteiger partial charge in [0.1, 0.15) is 11.9 Å². The number of fused-ring (bicyclic) bond motifs is 2. The van der Waals surface area contributed by atoms with Crippen LogP contribution in [0.2, 0.25) is 10.0 Å². The molecule has 2 aromatic carbocycles. The number of nitrogens with zero attached hydrogens (tertiary/aromatic N) is 3. The average molecular weight is 580 g/mol. The zero-order valence-electron chi connectivity index (χ0n) is 20.5. The highest BCUT2D eigenvalue weighted by Gasteiger charge is 2.49. The van der Waals surface area contributed by atoms with Gasteiger partial charge in [-0.1, -0.05) is 29.3 Å². The molecule has 38 heavy (non-hydrogen) atoms. The Morgan fingerprint density at radius 3 is 2.61 bits per heavy atom. The van der Waals surface area contributed by atoms with Crippen molar-refractivity contribution in [3.63, 3.8) is 0 Å². The molecule has 1 aromatic heterocycles. The van der Waals surface area contributed by atoms with Crippen LogP contribution in [0.4, 0.5) is 15.9 Å². The number of piperidine rings is 1. The summed E-state index contributed by atoms with van der Waals surface area (Å²) in [6.45, 7) is 2.14. The Bertz CT molecular complexity index is 1560. The van der Waals surface area contributed by atoms with Gasteiger partial charge in [-0.05, 0) is 49.6 Å². The van der Waals surface area contributed by atoms with Crippen molar-refractivity contribution in [1.82, 2.24) is 14.3 Å². The predicted molar refractivity (Wildman–Crippen MR) is 143 cm³/mol. The lowest BCUT2D eigenvalue weighted by Crippen LogP contribution is -2.47. The molecule has 0 unspecified atom stereocenters. The molecule has 0 saturated carbocycles. The Morgan fingerprint density at radius 1 is 1.21 bits per heavy atom. The molecular formula is C25H24Cl2FN5O4S. The van der Waals surface area contributed by atoms with Gasteiger partial charge in [0.25, 0.3) is 5.88 Å². The smallest absolute Gasteiger partial charge is 0.258 e. The Labute approximate surface area is 229 Å². The molecule has 2 aliphatic heterocycles. The summed E-state index contributed by atoms with van der Waals surface area (Å²) < 4.78 is 45.3. The Balaban J connectivity index is 1.46. The first-order chi connectivity index (χ1) is 17.9. The summed E-state index contributed by atoms with van der Waals surface area (Å²) in [7, 11) is -3.34. The second kappa shape index (κ2) is 9.64. The lowest BCUT2D eigenvalue weighted by atomic mass is 9.74. The predicted octanol–water partition coefficient (Wildman–Crippen LogP) is 4.56. The van der Waals surface area contributed by atoms with Crippen LogP contribution in [0.25, 0.3) is 11.3 Å². The molecule has 2 aliphatic rings. The number of nitrogen functional groups attached to an aromatic ring is 1. The van der Waals surface area contributed by atoms with Crippen molar-refractivity contribution >= 4 is 50.6 Å². The number of aromatic nitrogens is 2. The van der Waals surface area contributed by atoms with Crippen molar-refractivity contribution in [1.29, 1.82) is 0 Å². The maximum Gasteiger partial charge on any atom is 0.258 e. The number of sulfonamides is 1. The average Bonchev–Trinajstić information content (AvgIpc) is 3.13. The first kappa shape index (κ1) is 26.6. The molecule has 1 atom stereocenters. The Hall–Kier alpha value is -2.99. The second-order valence-corrected chi connectivity index (χ2v) is 12.2. The molecule has 0 radical (unpaired) electrons. The summed E-state index contributed by atoms with van der Waals surface area (Å²) in [6, 6.07) is 7.99. The molecule has 3 N–H and O–H groups in total. The van der Waals surface area contributed by atoms with Crippen LogP contribution in [0.15, 0.2) is 36.5 Å².